The molecule has 1 rings (SSSR count). The molecule has 0 radical (unpaired) electrons. The van der Waals surface area contributed by atoms with E-state index in [1.165, 1.54) is 39.0 Å². The third kappa shape index (κ3) is 5.19. The average Bonchev–Trinajstić information content (AvgIpc) is 2.53. The molecule has 0 bridgehead atoms. The number of nitrogens with zero attached hydrogens (tertiary/aromatic N) is 1. The fourth-order valence-corrected chi connectivity index (χ4v) is 2.75. The molecule has 2 unspecified atom stereocenters. The Balaban J connectivity index is 2.54. The van der Waals surface area contributed by atoms with Gasteiger partial charge in [-0.15, -0.1) is 0 Å². The molecule has 0 aromatic heterocycles. The second-order valence-corrected chi connectivity index (χ2v) is 7.51. The molecule has 1 aliphatic rings. The van der Waals surface area contributed by atoms with Crippen LogP contribution in [0.2, 0.25) is 0 Å². The molecule has 0 aromatic carbocycles. The Bertz CT molecular complexity index is 218. The van der Waals surface area contributed by atoms with Crippen molar-refractivity contribution < 1.29 is 0 Å². The van der Waals surface area contributed by atoms with Crippen LogP contribution >= 0.6 is 11.8 Å². The van der Waals surface area contributed by atoms with Gasteiger partial charge in [0, 0.05) is 23.9 Å². The van der Waals surface area contributed by atoms with Crippen LogP contribution < -0.4 is 5.32 Å². The van der Waals surface area contributed by atoms with Crippen molar-refractivity contribution >= 4 is 11.8 Å². The van der Waals surface area contributed by atoms with Crippen molar-refractivity contribution in [3.63, 3.8) is 0 Å². The van der Waals surface area contributed by atoms with Crippen LogP contribution in [-0.4, -0.2) is 48.1 Å². The molecule has 17 heavy (non-hydrogen) atoms. The molecule has 1 heterocycles. The number of hydrogen-bond acceptors (Lipinski definition) is 3. The van der Waals surface area contributed by atoms with Gasteiger partial charge in [-0.3, -0.25) is 0 Å². The standard InChI is InChI=1S/C14H30N2S/c1-6-12(2)13-10-16(9-7-8-15-13)11-14(3,4)17-5/h12-13,15H,6-11H2,1-5H3. The van der Waals surface area contributed by atoms with Crippen LogP contribution in [-0.2, 0) is 0 Å². The maximum absolute atomic E-state index is 3.72. The van der Waals surface area contributed by atoms with Gasteiger partial charge in [0.05, 0.1) is 0 Å². The molecule has 0 saturated carbocycles. The summed E-state index contributed by atoms with van der Waals surface area (Å²) < 4.78 is 0.379. The highest BCUT2D eigenvalue weighted by molar-refractivity contribution is 7.99. The van der Waals surface area contributed by atoms with Crippen molar-refractivity contribution in [2.24, 2.45) is 5.92 Å². The number of thioether (sulfide) groups is 1. The summed E-state index contributed by atoms with van der Waals surface area (Å²) in [5, 5.41) is 3.72. The minimum Gasteiger partial charge on any atom is -0.312 e. The fourth-order valence-electron chi connectivity index (χ4n) is 2.44. The maximum atomic E-state index is 3.72. The van der Waals surface area contributed by atoms with Crippen molar-refractivity contribution in [3.8, 4) is 0 Å². The van der Waals surface area contributed by atoms with E-state index < -0.39 is 0 Å². The first kappa shape index (κ1) is 15.3. The summed E-state index contributed by atoms with van der Waals surface area (Å²) in [6.45, 7) is 14.3. The highest BCUT2D eigenvalue weighted by Gasteiger charge is 2.26. The van der Waals surface area contributed by atoms with Crippen LogP contribution in [0.1, 0.15) is 40.5 Å². The Kier molecular flexibility index (Phi) is 6.32. The minimum atomic E-state index is 0.379. The summed E-state index contributed by atoms with van der Waals surface area (Å²) in [6, 6.07) is 0.681. The Morgan fingerprint density at radius 1 is 1.47 bits per heavy atom. The van der Waals surface area contributed by atoms with Crippen molar-refractivity contribution in [1.29, 1.82) is 0 Å². The summed E-state index contributed by atoms with van der Waals surface area (Å²) in [6.07, 6.45) is 4.79. The monoisotopic (exact) mass is 258 g/mol. The van der Waals surface area contributed by atoms with Crippen LogP contribution in [0.25, 0.3) is 0 Å². The third-order valence-corrected chi connectivity index (χ3v) is 5.23. The first-order valence-corrected chi connectivity index (χ1v) is 8.22. The zero-order valence-corrected chi connectivity index (χ0v) is 13.1. The van der Waals surface area contributed by atoms with Gasteiger partial charge < -0.3 is 10.2 Å². The van der Waals surface area contributed by atoms with E-state index in [0.717, 1.165) is 5.92 Å². The summed E-state index contributed by atoms with van der Waals surface area (Å²) >= 11 is 1.98. The van der Waals surface area contributed by atoms with Gasteiger partial charge in [-0.2, -0.15) is 11.8 Å². The molecule has 3 heteroatoms. The topological polar surface area (TPSA) is 15.3 Å². The number of hydrogen-bond donors (Lipinski definition) is 1. The van der Waals surface area contributed by atoms with E-state index in [-0.39, 0.29) is 0 Å². The molecule has 1 fully saturated rings. The molecule has 0 aromatic rings. The van der Waals surface area contributed by atoms with Gasteiger partial charge in [-0.25, -0.2) is 0 Å². The van der Waals surface area contributed by atoms with E-state index in [1.807, 2.05) is 11.8 Å². The average molecular weight is 258 g/mol. The first-order chi connectivity index (χ1) is 7.98. The molecule has 1 N–H and O–H groups in total. The quantitative estimate of drug-likeness (QED) is 0.816. The van der Waals surface area contributed by atoms with Gasteiger partial charge in [-0.05, 0) is 45.5 Å². The molecule has 1 aliphatic heterocycles. The van der Waals surface area contributed by atoms with Crippen LogP contribution in [0.3, 0.4) is 0 Å². The third-order valence-electron chi connectivity index (χ3n) is 4.00. The molecule has 2 atom stereocenters. The van der Waals surface area contributed by atoms with Crippen LogP contribution in [0.4, 0.5) is 0 Å². The van der Waals surface area contributed by atoms with E-state index in [4.69, 9.17) is 0 Å². The van der Waals surface area contributed by atoms with Crippen LogP contribution in [0, 0.1) is 5.92 Å². The molecule has 0 spiro atoms. The highest BCUT2D eigenvalue weighted by atomic mass is 32.2. The van der Waals surface area contributed by atoms with Gasteiger partial charge >= 0.3 is 0 Å². The minimum absolute atomic E-state index is 0.379. The van der Waals surface area contributed by atoms with Crippen molar-refractivity contribution in [1.82, 2.24) is 10.2 Å². The largest absolute Gasteiger partial charge is 0.312 e. The summed E-state index contributed by atoms with van der Waals surface area (Å²) in [5.74, 6) is 0.785. The maximum Gasteiger partial charge on any atom is 0.0227 e. The summed E-state index contributed by atoms with van der Waals surface area (Å²) in [4.78, 5) is 2.66. The molecule has 0 aliphatic carbocycles. The fraction of sp³-hybridized carbons (Fsp3) is 1.00. The predicted octanol–water partition coefficient (Wildman–Crippen LogP) is 2.84. The van der Waals surface area contributed by atoms with E-state index in [0.29, 0.717) is 10.8 Å². The normalized spacial score (nSPS) is 25.6. The van der Waals surface area contributed by atoms with Gasteiger partial charge in [0.15, 0.2) is 0 Å². The lowest BCUT2D eigenvalue weighted by atomic mass is 9.98. The van der Waals surface area contributed by atoms with Crippen LogP contribution in [0.5, 0.6) is 0 Å². The molecular formula is C14H30N2S. The van der Waals surface area contributed by atoms with Gasteiger partial charge in [0.1, 0.15) is 0 Å². The lowest BCUT2D eigenvalue weighted by Gasteiger charge is -2.33. The van der Waals surface area contributed by atoms with Crippen molar-refractivity contribution in [2.45, 2.75) is 51.3 Å². The van der Waals surface area contributed by atoms with Crippen molar-refractivity contribution in [2.75, 3.05) is 32.4 Å². The summed E-state index contributed by atoms with van der Waals surface area (Å²) in [7, 11) is 0. The Labute approximate surface area is 112 Å². The van der Waals surface area contributed by atoms with Gasteiger partial charge in [0.2, 0.25) is 0 Å². The van der Waals surface area contributed by atoms with E-state index in [2.05, 4.69) is 44.2 Å². The Morgan fingerprint density at radius 3 is 2.76 bits per heavy atom. The highest BCUT2D eigenvalue weighted by Crippen LogP contribution is 2.23. The molecule has 2 nitrogen and oxygen atoms in total. The van der Waals surface area contributed by atoms with Gasteiger partial charge in [-0.1, -0.05) is 20.3 Å². The molecule has 0 amide bonds. The zero-order valence-electron chi connectivity index (χ0n) is 12.3. The van der Waals surface area contributed by atoms with Crippen LogP contribution in [0.15, 0.2) is 0 Å². The summed E-state index contributed by atoms with van der Waals surface area (Å²) in [5.41, 5.74) is 0. The van der Waals surface area contributed by atoms with E-state index in [1.54, 1.807) is 0 Å². The predicted molar refractivity (Wildman–Crippen MR) is 79.9 cm³/mol. The smallest absolute Gasteiger partial charge is 0.0227 e. The zero-order chi connectivity index (χ0) is 12.9. The molecular weight excluding hydrogens is 228 g/mol. The Morgan fingerprint density at radius 2 is 2.18 bits per heavy atom. The molecule has 102 valence electrons. The lowest BCUT2D eigenvalue weighted by molar-refractivity contribution is 0.225. The van der Waals surface area contributed by atoms with Crippen molar-refractivity contribution in [3.05, 3.63) is 0 Å². The molecule has 1 saturated heterocycles. The van der Waals surface area contributed by atoms with E-state index >= 15 is 0 Å². The SMILES string of the molecule is CCC(C)C1CN(CC(C)(C)SC)CCCN1. The van der Waals surface area contributed by atoms with Gasteiger partial charge in [0.25, 0.3) is 0 Å². The number of nitrogens with one attached hydrogen (secondary N) is 1. The first-order valence-electron chi connectivity index (χ1n) is 6.99. The lowest BCUT2D eigenvalue weighted by Crippen LogP contribution is -2.45. The number of rotatable bonds is 5. The Hall–Kier alpha value is 0.270. The second-order valence-electron chi connectivity index (χ2n) is 6.00. The van der Waals surface area contributed by atoms with E-state index in [9.17, 15) is 0 Å². The second kappa shape index (κ2) is 7.01.